The molecule has 8 heteroatoms. The largest absolute Gasteiger partial charge is 0.493 e. The van der Waals surface area contributed by atoms with Gasteiger partial charge in [-0.25, -0.2) is 9.97 Å². The number of rotatable bonds is 4. The van der Waals surface area contributed by atoms with Crippen LogP contribution in [-0.4, -0.2) is 67.4 Å². The van der Waals surface area contributed by atoms with Crippen LogP contribution in [0.4, 0.5) is 17.3 Å². The third kappa shape index (κ3) is 7.04. The van der Waals surface area contributed by atoms with Gasteiger partial charge < -0.3 is 25.4 Å². The second-order valence-corrected chi connectivity index (χ2v) is 8.98. The molecule has 6 bridgehead atoms. The summed E-state index contributed by atoms with van der Waals surface area (Å²) in [4.78, 5) is 11.7. The summed E-state index contributed by atoms with van der Waals surface area (Å²) < 4.78 is 11.8. The van der Waals surface area contributed by atoms with Crippen molar-refractivity contribution in [2.75, 3.05) is 63.1 Å². The Labute approximate surface area is 212 Å². The molecule has 0 aliphatic carbocycles. The highest BCUT2D eigenvalue weighted by Crippen LogP contribution is 2.26. The lowest BCUT2D eigenvalue weighted by atomic mass is 10.1. The maximum Gasteiger partial charge on any atom is 0.227 e. The Balaban J connectivity index is 1.36. The minimum atomic E-state index is 0.522. The molecule has 0 amide bonds. The molecule has 2 aliphatic rings. The van der Waals surface area contributed by atoms with Crippen LogP contribution >= 0.6 is 0 Å². The highest BCUT2D eigenvalue weighted by Gasteiger charge is 2.10. The van der Waals surface area contributed by atoms with Crippen LogP contribution in [0.3, 0.4) is 0 Å². The van der Waals surface area contributed by atoms with Gasteiger partial charge in [0.25, 0.3) is 0 Å². The molecular weight excluding hydrogens is 452 g/mol. The molecule has 188 valence electrons. The zero-order chi connectivity index (χ0) is 24.4. The van der Waals surface area contributed by atoms with Crippen molar-refractivity contribution in [2.45, 2.75) is 13.0 Å². The number of anilines is 3. The van der Waals surface area contributed by atoms with E-state index in [1.807, 2.05) is 30.3 Å². The van der Waals surface area contributed by atoms with E-state index in [4.69, 9.17) is 14.5 Å². The summed E-state index contributed by atoms with van der Waals surface area (Å²) in [6.07, 6.45) is 6.76. The second kappa shape index (κ2) is 12.5. The summed E-state index contributed by atoms with van der Waals surface area (Å²) in [6.45, 7) is 7.91. The number of aromatic nitrogens is 2. The molecule has 0 unspecified atom stereocenters. The number of hydrogen-bond acceptors (Lipinski definition) is 8. The van der Waals surface area contributed by atoms with E-state index in [-0.39, 0.29) is 0 Å². The minimum absolute atomic E-state index is 0.522. The van der Waals surface area contributed by atoms with Crippen molar-refractivity contribution >= 4 is 17.3 Å². The minimum Gasteiger partial charge on any atom is -0.493 e. The lowest BCUT2D eigenvalue weighted by Gasteiger charge is -2.27. The Morgan fingerprint density at radius 3 is 2.92 bits per heavy atom. The first-order valence-electron chi connectivity index (χ1n) is 12.7. The summed E-state index contributed by atoms with van der Waals surface area (Å²) in [7, 11) is 0. The average Bonchev–Trinajstić information content (AvgIpc) is 2.91. The Morgan fingerprint density at radius 2 is 1.97 bits per heavy atom. The smallest absolute Gasteiger partial charge is 0.227 e. The van der Waals surface area contributed by atoms with Gasteiger partial charge in [0.15, 0.2) is 0 Å². The van der Waals surface area contributed by atoms with E-state index in [0.717, 1.165) is 79.6 Å². The molecule has 0 atom stereocenters. The molecule has 0 saturated carbocycles. The number of ether oxygens (including phenoxy) is 2. The number of hydrogen-bond donors (Lipinski definition) is 3. The first kappa shape index (κ1) is 24.2. The number of nitrogens with zero attached hydrogens (tertiary/aromatic N) is 3. The average molecular weight is 487 g/mol. The third-order valence-corrected chi connectivity index (χ3v) is 6.20. The van der Waals surface area contributed by atoms with Gasteiger partial charge in [0.2, 0.25) is 5.95 Å². The van der Waals surface area contributed by atoms with Gasteiger partial charge >= 0.3 is 0 Å². The zero-order valence-electron chi connectivity index (χ0n) is 20.6. The monoisotopic (exact) mass is 486 g/mol. The fraction of sp³-hybridized carbons (Fsp3) is 0.357. The first-order valence-corrected chi connectivity index (χ1v) is 12.7. The quantitative estimate of drug-likeness (QED) is 0.476. The molecule has 1 saturated heterocycles. The molecule has 0 radical (unpaired) electrons. The van der Waals surface area contributed by atoms with Gasteiger partial charge in [0.05, 0.1) is 25.5 Å². The molecule has 3 aromatic rings. The van der Waals surface area contributed by atoms with Gasteiger partial charge in [0, 0.05) is 62.4 Å². The van der Waals surface area contributed by atoms with Gasteiger partial charge in [-0.3, -0.25) is 4.90 Å². The molecule has 2 aliphatic heterocycles. The van der Waals surface area contributed by atoms with Crippen molar-refractivity contribution in [3.8, 4) is 17.0 Å². The van der Waals surface area contributed by atoms with Crippen LogP contribution in [0.2, 0.25) is 0 Å². The SMILES string of the molecule is C1=CCOCc2cc(NCCN3CCNCC3)cc(c2)Nc2nccc(n2)-c2cccc(c2)OCC1. The Kier molecular flexibility index (Phi) is 8.41. The molecular formula is C28H34N6O2. The van der Waals surface area contributed by atoms with Crippen molar-refractivity contribution < 1.29 is 9.47 Å². The van der Waals surface area contributed by atoms with Gasteiger partial charge in [-0.2, -0.15) is 0 Å². The predicted octanol–water partition coefficient (Wildman–Crippen LogP) is 4.06. The van der Waals surface area contributed by atoms with Crippen LogP contribution in [0.5, 0.6) is 5.75 Å². The van der Waals surface area contributed by atoms with Crippen LogP contribution in [-0.2, 0) is 11.3 Å². The fourth-order valence-electron chi connectivity index (χ4n) is 4.37. The van der Waals surface area contributed by atoms with E-state index in [0.29, 0.717) is 25.8 Å². The summed E-state index contributed by atoms with van der Waals surface area (Å²) in [6, 6.07) is 16.3. The highest BCUT2D eigenvalue weighted by atomic mass is 16.5. The Bertz CT molecular complexity index is 1160. The molecule has 3 N–H and O–H groups in total. The number of benzene rings is 2. The van der Waals surface area contributed by atoms with Crippen molar-refractivity contribution in [1.82, 2.24) is 20.2 Å². The van der Waals surface area contributed by atoms with Gasteiger partial charge in [-0.1, -0.05) is 24.3 Å². The van der Waals surface area contributed by atoms with Crippen molar-refractivity contribution in [2.24, 2.45) is 0 Å². The zero-order valence-corrected chi connectivity index (χ0v) is 20.6. The predicted molar refractivity (Wildman–Crippen MR) is 144 cm³/mol. The van der Waals surface area contributed by atoms with Crippen LogP contribution in [0.25, 0.3) is 11.3 Å². The van der Waals surface area contributed by atoms with Gasteiger partial charge in [-0.05, 0) is 48.4 Å². The summed E-state index contributed by atoms with van der Waals surface area (Å²) >= 11 is 0. The fourth-order valence-corrected chi connectivity index (χ4v) is 4.37. The topological polar surface area (TPSA) is 83.6 Å². The molecule has 8 nitrogen and oxygen atoms in total. The van der Waals surface area contributed by atoms with Crippen molar-refractivity contribution in [1.29, 1.82) is 0 Å². The maximum absolute atomic E-state index is 5.92. The van der Waals surface area contributed by atoms with Crippen molar-refractivity contribution in [3.63, 3.8) is 0 Å². The summed E-state index contributed by atoms with van der Waals surface area (Å²) in [5.41, 5.74) is 4.90. The van der Waals surface area contributed by atoms with Crippen LogP contribution < -0.4 is 20.7 Å². The standard InChI is InChI=1S/C28H34N6O2/c1-2-15-35-21-22-17-24(30-11-14-34-12-9-29-10-13-34)20-25(18-22)32-28-31-8-7-27(33-28)23-5-4-6-26(19-23)36-16-3-1/h1-2,4-8,17-20,29-30H,3,9-16,21H2,(H,31,32,33). The van der Waals surface area contributed by atoms with E-state index in [2.05, 4.69) is 56.2 Å². The van der Waals surface area contributed by atoms with Crippen molar-refractivity contribution in [3.05, 3.63) is 72.4 Å². The lowest BCUT2D eigenvalue weighted by Crippen LogP contribution is -2.45. The highest BCUT2D eigenvalue weighted by molar-refractivity contribution is 5.66. The molecule has 0 spiro atoms. The van der Waals surface area contributed by atoms with Crippen LogP contribution in [0.15, 0.2) is 66.9 Å². The van der Waals surface area contributed by atoms with Crippen LogP contribution in [0, 0.1) is 0 Å². The second-order valence-electron chi connectivity index (χ2n) is 8.98. The normalized spacial score (nSPS) is 16.8. The van der Waals surface area contributed by atoms with E-state index in [1.54, 1.807) is 6.20 Å². The van der Waals surface area contributed by atoms with E-state index in [9.17, 15) is 0 Å². The van der Waals surface area contributed by atoms with E-state index < -0.39 is 0 Å². The number of piperazine rings is 1. The van der Waals surface area contributed by atoms with Gasteiger partial charge in [0.1, 0.15) is 5.75 Å². The lowest BCUT2D eigenvalue weighted by molar-refractivity contribution is 0.148. The van der Waals surface area contributed by atoms with E-state index >= 15 is 0 Å². The summed E-state index contributed by atoms with van der Waals surface area (Å²) in [5.74, 6) is 1.38. The Morgan fingerprint density at radius 1 is 1.03 bits per heavy atom. The van der Waals surface area contributed by atoms with Crippen LogP contribution in [0.1, 0.15) is 12.0 Å². The molecule has 3 heterocycles. The molecule has 36 heavy (non-hydrogen) atoms. The maximum atomic E-state index is 5.92. The first-order chi connectivity index (χ1) is 17.8. The number of nitrogens with one attached hydrogen (secondary N) is 3. The molecule has 1 fully saturated rings. The van der Waals surface area contributed by atoms with E-state index in [1.165, 1.54) is 0 Å². The molecule has 1 aromatic heterocycles. The van der Waals surface area contributed by atoms with Gasteiger partial charge in [-0.15, -0.1) is 0 Å². The Hall–Kier alpha value is -3.46. The number of fused-ring (bicyclic) bond motifs is 7. The molecule has 5 rings (SSSR count). The third-order valence-electron chi connectivity index (χ3n) is 6.20. The molecule has 2 aromatic carbocycles. The summed E-state index contributed by atoms with van der Waals surface area (Å²) in [5, 5.41) is 10.4.